The summed E-state index contributed by atoms with van der Waals surface area (Å²) in [5.41, 5.74) is 6.97. The topological polar surface area (TPSA) is 45.4 Å². The number of hydrogen-bond donors (Lipinski definition) is 1. The lowest BCUT2D eigenvalue weighted by atomic mass is 10.1. The van der Waals surface area contributed by atoms with E-state index in [1.165, 1.54) is 0 Å². The molecule has 106 valence electrons. The molecule has 1 atom stereocenters. The molecular formula is C13H22N4S2. The van der Waals surface area contributed by atoms with E-state index in [1.54, 1.807) is 11.3 Å². The third-order valence-electron chi connectivity index (χ3n) is 3.52. The summed E-state index contributed by atoms with van der Waals surface area (Å²) in [6.45, 7) is 8.27. The van der Waals surface area contributed by atoms with Crippen LogP contribution in [0.15, 0.2) is 5.38 Å². The molecule has 2 N–H and O–H groups in total. The van der Waals surface area contributed by atoms with Gasteiger partial charge in [0, 0.05) is 31.6 Å². The summed E-state index contributed by atoms with van der Waals surface area (Å²) in [6, 6.07) is 0.264. The van der Waals surface area contributed by atoms with Crippen LogP contribution in [-0.4, -0.2) is 47.1 Å². The minimum absolute atomic E-state index is 0.264. The third kappa shape index (κ3) is 3.64. The maximum Gasteiger partial charge on any atom is 0.185 e. The Morgan fingerprint density at radius 2 is 2.16 bits per heavy atom. The van der Waals surface area contributed by atoms with E-state index >= 15 is 0 Å². The van der Waals surface area contributed by atoms with E-state index in [-0.39, 0.29) is 6.04 Å². The van der Waals surface area contributed by atoms with Gasteiger partial charge in [0.05, 0.1) is 16.7 Å². The normalized spacial score (nSPS) is 18.5. The van der Waals surface area contributed by atoms with Gasteiger partial charge < -0.3 is 10.6 Å². The number of nitrogens with zero attached hydrogens (tertiary/aromatic N) is 3. The second kappa shape index (κ2) is 6.63. The van der Waals surface area contributed by atoms with Crippen molar-refractivity contribution < 1.29 is 0 Å². The van der Waals surface area contributed by atoms with Crippen molar-refractivity contribution in [1.82, 2.24) is 9.88 Å². The Hall–Kier alpha value is -0.720. The van der Waals surface area contributed by atoms with Crippen molar-refractivity contribution >= 4 is 33.7 Å². The lowest BCUT2D eigenvalue weighted by Gasteiger charge is -2.38. The molecule has 1 aromatic heterocycles. The Kier molecular flexibility index (Phi) is 5.13. The van der Waals surface area contributed by atoms with Gasteiger partial charge in [-0.2, -0.15) is 0 Å². The lowest BCUT2D eigenvalue weighted by Crippen LogP contribution is -2.53. The predicted molar refractivity (Wildman–Crippen MR) is 86.1 cm³/mol. The molecule has 1 saturated heterocycles. The summed E-state index contributed by atoms with van der Waals surface area (Å²) in [7, 11) is 0. The zero-order valence-corrected chi connectivity index (χ0v) is 13.3. The van der Waals surface area contributed by atoms with Gasteiger partial charge in [0.2, 0.25) is 0 Å². The van der Waals surface area contributed by atoms with Crippen molar-refractivity contribution in [3.8, 4) is 0 Å². The van der Waals surface area contributed by atoms with Gasteiger partial charge in [0.15, 0.2) is 5.13 Å². The zero-order chi connectivity index (χ0) is 13.8. The third-order valence-corrected chi connectivity index (χ3v) is 4.81. The van der Waals surface area contributed by atoms with Crippen molar-refractivity contribution in [2.24, 2.45) is 5.73 Å². The SMILES string of the molecule is CCCC(C(N)=S)N1CCN(c2nc(C)cs2)CC1. The number of thiazole rings is 1. The molecule has 1 aliphatic rings. The first kappa shape index (κ1) is 14.7. The van der Waals surface area contributed by atoms with Crippen LogP contribution in [0.1, 0.15) is 25.5 Å². The fraction of sp³-hybridized carbons (Fsp3) is 0.692. The van der Waals surface area contributed by atoms with E-state index in [0.29, 0.717) is 4.99 Å². The minimum atomic E-state index is 0.264. The van der Waals surface area contributed by atoms with Crippen LogP contribution in [0.5, 0.6) is 0 Å². The quantitative estimate of drug-likeness (QED) is 0.843. The zero-order valence-electron chi connectivity index (χ0n) is 11.6. The minimum Gasteiger partial charge on any atom is -0.392 e. The highest BCUT2D eigenvalue weighted by molar-refractivity contribution is 7.80. The summed E-state index contributed by atoms with van der Waals surface area (Å²) >= 11 is 6.93. The molecule has 1 unspecified atom stereocenters. The number of piperazine rings is 1. The number of thiocarbonyl (C=S) groups is 1. The van der Waals surface area contributed by atoms with Crippen LogP contribution in [0.2, 0.25) is 0 Å². The van der Waals surface area contributed by atoms with Crippen molar-refractivity contribution in [1.29, 1.82) is 0 Å². The first-order valence-electron chi connectivity index (χ1n) is 6.82. The summed E-state index contributed by atoms with van der Waals surface area (Å²) in [4.78, 5) is 9.97. The number of anilines is 1. The molecule has 6 heteroatoms. The fourth-order valence-electron chi connectivity index (χ4n) is 2.49. The Labute approximate surface area is 124 Å². The van der Waals surface area contributed by atoms with Crippen LogP contribution < -0.4 is 10.6 Å². The van der Waals surface area contributed by atoms with Crippen LogP contribution in [0.25, 0.3) is 0 Å². The molecule has 19 heavy (non-hydrogen) atoms. The van der Waals surface area contributed by atoms with Gasteiger partial charge >= 0.3 is 0 Å². The van der Waals surface area contributed by atoms with Gasteiger partial charge in [-0.3, -0.25) is 4.90 Å². The smallest absolute Gasteiger partial charge is 0.185 e. The highest BCUT2D eigenvalue weighted by Gasteiger charge is 2.25. The van der Waals surface area contributed by atoms with Gasteiger partial charge in [-0.05, 0) is 13.3 Å². The average molecular weight is 298 g/mol. The maximum absolute atomic E-state index is 5.87. The molecule has 0 saturated carbocycles. The van der Waals surface area contributed by atoms with E-state index in [0.717, 1.165) is 49.8 Å². The number of nitrogens with two attached hydrogens (primary N) is 1. The Morgan fingerprint density at radius 3 is 2.63 bits per heavy atom. The lowest BCUT2D eigenvalue weighted by molar-refractivity contribution is 0.219. The molecule has 2 heterocycles. The van der Waals surface area contributed by atoms with Crippen LogP contribution in [0, 0.1) is 6.92 Å². The van der Waals surface area contributed by atoms with Gasteiger partial charge in [-0.1, -0.05) is 25.6 Å². The molecular weight excluding hydrogens is 276 g/mol. The molecule has 1 fully saturated rings. The van der Waals surface area contributed by atoms with E-state index in [9.17, 15) is 0 Å². The van der Waals surface area contributed by atoms with Crippen LogP contribution in [0.4, 0.5) is 5.13 Å². The Morgan fingerprint density at radius 1 is 1.47 bits per heavy atom. The number of aryl methyl sites for hydroxylation is 1. The summed E-state index contributed by atoms with van der Waals surface area (Å²) in [5, 5.41) is 3.25. The molecule has 0 bridgehead atoms. The monoisotopic (exact) mass is 298 g/mol. The Bertz CT molecular complexity index is 424. The second-order valence-corrected chi connectivity index (χ2v) is 6.31. The molecule has 1 aromatic rings. The van der Waals surface area contributed by atoms with E-state index < -0.39 is 0 Å². The summed E-state index contributed by atoms with van der Waals surface area (Å²) in [6.07, 6.45) is 2.18. The van der Waals surface area contributed by atoms with E-state index in [1.807, 2.05) is 6.92 Å². The molecule has 0 radical (unpaired) electrons. The number of aromatic nitrogens is 1. The van der Waals surface area contributed by atoms with Gasteiger partial charge in [-0.15, -0.1) is 11.3 Å². The molecule has 0 amide bonds. The highest BCUT2D eigenvalue weighted by atomic mass is 32.1. The van der Waals surface area contributed by atoms with E-state index in [4.69, 9.17) is 18.0 Å². The van der Waals surface area contributed by atoms with Crippen LogP contribution >= 0.6 is 23.6 Å². The second-order valence-electron chi connectivity index (χ2n) is 5.00. The molecule has 0 spiro atoms. The van der Waals surface area contributed by atoms with Crippen molar-refractivity contribution in [2.45, 2.75) is 32.7 Å². The number of rotatable bonds is 5. The van der Waals surface area contributed by atoms with Gasteiger partial charge in [0.1, 0.15) is 0 Å². The molecule has 0 aromatic carbocycles. The summed E-state index contributed by atoms with van der Waals surface area (Å²) < 4.78 is 0. The standard InChI is InChI=1S/C13H22N4S2/c1-3-4-11(12(14)18)16-5-7-17(8-6-16)13-15-10(2)9-19-13/h9,11H,3-8H2,1-2H3,(H2,14,18). The number of hydrogen-bond acceptors (Lipinski definition) is 5. The molecule has 0 aliphatic carbocycles. The van der Waals surface area contributed by atoms with Gasteiger partial charge in [-0.25, -0.2) is 4.98 Å². The largest absolute Gasteiger partial charge is 0.392 e. The molecule has 1 aliphatic heterocycles. The van der Waals surface area contributed by atoms with Crippen LogP contribution in [0.3, 0.4) is 0 Å². The first-order chi connectivity index (χ1) is 9.11. The fourth-order valence-corrected chi connectivity index (χ4v) is 3.61. The van der Waals surface area contributed by atoms with Crippen LogP contribution in [-0.2, 0) is 0 Å². The predicted octanol–water partition coefficient (Wildman–Crippen LogP) is 2.03. The Balaban J connectivity index is 1.92. The highest BCUT2D eigenvalue weighted by Crippen LogP contribution is 2.22. The molecule has 4 nitrogen and oxygen atoms in total. The molecule has 2 rings (SSSR count). The maximum atomic E-state index is 5.87. The first-order valence-corrected chi connectivity index (χ1v) is 8.11. The summed E-state index contributed by atoms with van der Waals surface area (Å²) in [5.74, 6) is 0. The van der Waals surface area contributed by atoms with E-state index in [2.05, 4.69) is 27.1 Å². The van der Waals surface area contributed by atoms with Crippen molar-refractivity contribution in [3.63, 3.8) is 0 Å². The average Bonchev–Trinajstić information content (AvgIpc) is 2.82. The van der Waals surface area contributed by atoms with Gasteiger partial charge in [0.25, 0.3) is 0 Å². The van der Waals surface area contributed by atoms with Crippen molar-refractivity contribution in [2.75, 3.05) is 31.1 Å². The van der Waals surface area contributed by atoms with Crippen molar-refractivity contribution in [3.05, 3.63) is 11.1 Å².